The van der Waals surface area contributed by atoms with E-state index in [1.807, 2.05) is 18.2 Å². The molecule has 5 rings (SSSR count). The Morgan fingerprint density at radius 1 is 0.929 bits per heavy atom. The summed E-state index contributed by atoms with van der Waals surface area (Å²) in [5, 5.41) is 0. The largest absolute Gasteiger partial charge is 0.454 e. The van der Waals surface area contributed by atoms with E-state index < -0.39 is 0 Å². The quantitative estimate of drug-likeness (QED) is 0.617. The van der Waals surface area contributed by atoms with Gasteiger partial charge in [-0.2, -0.15) is 0 Å². The van der Waals surface area contributed by atoms with Gasteiger partial charge in [-0.15, -0.1) is 0 Å². The molecule has 0 spiro atoms. The zero-order valence-electron chi connectivity index (χ0n) is 15.9. The molecule has 3 aromatic rings. The van der Waals surface area contributed by atoms with E-state index in [0.29, 0.717) is 6.42 Å². The fraction of sp³-hybridized carbons (Fsp3) is 0.240. The third-order valence-corrected chi connectivity index (χ3v) is 5.98. The highest BCUT2D eigenvalue weighted by molar-refractivity contribution is 5.94. The van der Waals surface area contributed by atoms with Gasteiger partial charge >= 0.3 is 0 Å². The average molecular weight is 370 g/mol. The van der Waals surface area contributed by atoms with E-state index in [4.69, 9.17) is 9.47 Å². The normalized spacial score (nSPS) is 16.0. The molecule has 1 saturated carbocycles. The van der Waals surface area contributed by atoms with Crippen LogP contribution in [0.2, 0.25) is 0 Å². The molecule has 0 aromatic heterocycles. The zero-order valence-corrected chi connectivity index (χ0v) is 15.9. The van der Waals surface area contributed by atoms with Gasteiger partial charge in [-0.1, -0.05) is 54.6 Å². The molecule has 140 valence electrons. The summed E-state index contributed by atoms with van der Waals surface area (Å²) in [5.74, 6) is 1.80. The molecule has 3 nitrogen and oxygen atoms in total. The molecule has 1 aliphatic heterocycles. The highest BCUT2D eigenvalue weighted by atomic mass is 16.7. The number of ether oxygens (including phenoxy) is 2. The minimum Gasteiger partial charge on any atom is -0.454 e. The molecule has 0 atom stereocenters. The molecule has 0 amide bonds. The van der Waals surface area contributed by atoms with E-state index in [9.17, 15) is 4.79 Å². The molecule has 28 heavy (non-hydrogen) atoms. The summed E-state index contributed by atoms with van der Waals surface area (Å²) in [5.41, 5.74) is 5.44. The molecule has 0 unspecified atom stereocenters. The Labute approximate surface area is 164 Å². The summed E-state index contributed by atoms with van der Waals surface area (Å²) in [4.78, 5) is 13.1. The third-order valence-electron chi connectivity index (χ3n) is 5.98. The van der Waals surface area contributed by atoms with Gasteiger partial charge in [0.25, 0.3) is 0 Å². The van der Waals surface area contributed by atoms with E-state index in [1.54, 1.807) is 0 Å². The van der Waals surface area contributed by atoms with Crippen LogP contribution in [0, 0.1) is 6.92 Å². The van der Waals surface area contributed by atoms with Crippen molar-refractivity contribution in [2.24, 2.45) is 0 Å². The Kier molecular flexibility index (Phi) is 3.97. The third kappa shape index (κ3) is 2.88. The first-order chi connectivity index (χ1) is 13.7. The molecule has 0 saturated heterocycles. The lowest BCUT2D eigenvalue weighted by molar-refractivity contribution is -0.120. The first kappa shape index (κ1) is 17.1. The van der Waals surface area contributed by atoms with Crippen LogP contribution in [0.25, 0.3) is 11.1 Å². The number of rotatable bonds is 5. The van der Waals surface area contributed by atoms with Crippen LogP contribution in [0.15, 0.2) is 66.7 Å². The number of benzene rings is 3. The van der Waals surface area contributed by atoms with Gasteiger partial charge in [0, 0.05) is 6.42 Å². The Morgan fingerprint density at radius 3 is 2.43 bits per heavy atom. The molecule has 3 aromatic carbocycles. The van der Waals surface area contributed by atoms with E-state index in [0.717, 1.165) is 35.5 Å². The van der Waals surface area contributed by atoms with Crippen molar-refractivity contribution in [3.8, 4) is 22.6 Å². The molecule has 1 aliphatic carbocycles. The van der Waals surface area contributed by atoms with Crippen LogP contribution in [0.4, 0.5) is 0 Å². The molecule has 1 heterocycles. The lowest BCUT2D eigenvalue weighted by Crippen LogP contribution is -2.22. The lowest BCUT2D eigenvalue weighted by Gasteiger charge is -2.15. The smallest absolute Gasteiger partial charge is 0.231 e. The lowest BCUT2D eigenvalue weighted by atomic mass is 9.87. The minimum atomic E-state index is -0.352. The van der Waals surface area contributed by atoms with Gasteiger partial charge in [-0.25, -0.2) is 0 Å². The summed E-state index contributed by atoms with van der Waals surface area (Å²) in [7, 11) is 0. The molecule has 2 aliphatic rings. The van der Waals surface area contributed by atoms with Crippen LogP contribution in [0.1, 0.15) is 29.5 Å². The van der Waals surface area contributed by atoms with E-state index >= 15 is 0 Å². The summed E-state index contributed by atoms with van der Waals surface area (Å²) >= 11 is 0. The van der Waals surface area contributed by atoms with Crippen LogP contribution >= 0.6 is 0 Å². The number of ketones is 1. The fourth-order valence-corrected chi connectivity index (χ4v) is 4.10. The van der Waals surface area contributed by atoms with Gasteiger partial charge < -0.3 is 9.47 Å². The molecular weight excluding hydrogens is 348 g/mol. The van der Waals surface area contributed by atoms with E-state index in [2.05, 4.69) is 55.5 Å². The van der Waals surface area contributed by atoms with Crippen molar-refractivity contribution in [2.75, 3.05) is 6.79 Å². The molecule has 0 N–H and O–H groups in total. The highest BCUT2D eigenvalue weighted by Crippen LogP contribution is 2.51. The fourth-order valence-electron chi connectivity index (χ4n) is 4.10. The van der Waals surface area contributed by atoms with Crippen LogP contribution < -0.4 is 9.47 Å². The van der Waals surface area contributed by atoms with Crippen molar-refractivity contribution in [3.05, 3.63) is 83.4 Å². The van der Waals surface area contributed by atoms with Crippen molar-refractivity contribution in [1.82, 2.24) is 0 Å². The summed E-state index contributed by atoms with van der Waals surface area (Å²) in [6.07, 6.45) is 2.28. The van der Waals surface area contributed by atoms with Crippen molar-refractivity contribution in [2.45, 2.75) is 31.6 Å². The van der Waals surface area contributed by atoms with Gasteiger partial charge in [0.15, 0.2) is 11.5 Å². The average Bonchev–Trinajstić information content (AvgIpc) is 3.40. The van der Waals surface area contributed by atoms with Gasteiger partial charge in [-0.05, 0) is 59.7 Å². The number of Topliss-reactive ketones (excluding diaryl/α,β-unsaturated/α-hetero) is 1. The topological polar surface area (TPSA) is 35.5 Å². The maximum absolute atomic E-state index is 13.1. The predicted octanol–water partition coefficient (Wildman–Crippen LogP) is 5.23. The van der Waals surface area contributed by atoms with Crippen molar-refractivity contribution >= 4 is 5.78 Å². The second-order valence-corrected chi connectivity index (χ2v) is 7.76. The van der Waals surface area contributed by atoms with Crippen LogP contribution in [0.5, 0.6) is 11.5 Å². The number of carbonyl (C=O) groups excluding carboxylic acids is 1. The number of carbonyl (C=O) groups is 1. The number of fused-ring (bicyclic) bond motifs is 1. The summed E-state index contributed by atoms with van der Waals surface area (Å²) in [6.45, 7) is 2.38. The first-order valence-electron chi connectivity index (χ1n) is 9.74. The second-order valence-electron chi connectivity index (χ2n) is 7.76. The molecular formula is C25H22O3. The SMILES string of the molecule is Cc1ccccc1-c1ccc(CC(=O)C2(c3ccc4c(c3)OCO4)CC2)cc1. The zero-order chi connectivity index (χ0) is 19.1. The van der Waals surface area contributed by atoms with Gasteiger partial charge in [-0.3, -0.25) is 4.79 Å². The Bertz CT molecular complexity index is 1050. The molecule has 1 fully saturated rings. The van der Waals surface area contributed by atoms with Crippen molar-refractivity contribution < 1.29 is 14.3 Å². The summed E-state index contributed by atoms with van der Waals surface area (Å²) < 4.78 is 10.9. The Hall–Kier alpha value is -3.07. The second kappa shape index (κ2) is 6.52. The van der Waals surface area contributed by atoms with Gasteiger partial charge in [0.2, 0.25) is 6.79 Å². The summed E-state index contributed by atoms with van der Waals surface area (Å²) in [6, 6.07) is 22.7. The van der Waals surface area contributed by atoms with Crippen molar-refractivity contribution in [3.63, 3.8) is 0 Å². The first-order valence-corrected chi connectivity index (χ1v) is 9.74. The monoisotopic (exact) mass is 370 g/mol. The standard InChI is InChI=1S/C25H22O3/c1-17-4-2-3-5-21(17)19-8-6-18(7-9-19)14-24(26)25(12-13-25)20-10-11-22-23(15-20)28-16-27-22/h2-11,15H,12-14,16H2,1H3. The number of aryl methyl sites for hydroxylation is 1. The van der Waals surface area contributed by atoms with Crippen LogP contribution in [-0.2, 0) is 16.6 Å². The highest BCUT2D eigenvalue weighted by Gasteiger charge is 2.50. The van der Waals surface area contributed by atoms with Crippen LogP contribution in [0.3, 0.4) is 0 Å². The molecule has 3 heteroatoms. The van der Waals surface area contributed by atoms with Gasteiger partial charge in [0.05, 0.1) is 5.41 Å². The number of hydrogen-bond acceptors (Lipinski definition) is 3. The van der Waals surface area contributed by atoms with Crippen molar-refractivity contribution in [1.29, 1.82) is 0 Å². The minimum absolute atomic E-state index is 0.257. The molecule has 0 bridgehead atoms. The predicted molar refractivity (Wildman–Crippen MR) is 109 cm³/mol. The molecule has 0 radical (unpaired) electrons. The van der Waals surface area contributed by atoms with Crippen LogP contribution in [-0.4, -0.2) is 12.6 Å². The Balaban J connectivity index is 1.35. The van der Waals surface area contributed by atoms with E-state index in [1.165, 1.54) is 16.7 Å². The van der Waals surface area contributed by atoms with Gasteiger partial charge in [0.1, 0.15) is 5.78 Å². The maximum atomic E-state index is 13.1. The van der Waals surface area contributed by atoms with E-state index in [-0.39, 0.29) is 18.0 Å². The Morgan fingerprint density at radius 2 is 1.68 bits per heavy atom. The number of hydrogen-bond donors (Lipinski definition) is 0. The maximum Gasteiger partial charge on any atom is 0.231 e.